The topological polar surface area (TPSA) is 29.5 Å². The fraction of sp³-hybridized carbons (Fsp3) is 0.188. The molecule has 7 heteroatoms. The third kappa shape index (κ3) is 2.15. The van der Waals surface area contributed by atoms with Crippen LogP contribution in [0, 0.1) is 5.82 Å². The summed E-state index contributed by atoms with van der Waals surface area (Å²) in [7, 11) is 1.16. The quantitative estimate of drug-likeness (QED) is 0.589. The number of benzene rings is 2. The van der Waals surface area contributed by atoms with E-state index in [1.807, 2.05) is 0 Å². The number of carbonyl (C=O) groups excluding carboxylic acids is 1. The van der Waals surface area contributed by atoms with Crippen LogP contribution in [0.4, 0.5) is 23.2 Å². The Labute approximate surface area is 129 Å². The SMILES string of the molecule is CN1c2ccc(F)cc2C(=O)O[C@@]1(c1ccccc1)C(F)(F)F. The number of halogens is 4. The maximum atomic E-state index is 13.9. The molecule has 0 saturated heterocycles. The van der Waals surface area contributed by atoms with E-state index in [4.69, 9.17) is 4.74 Å². The number of anilines is 1. The average Bonchev–Trinajstić information content (AvgIpc) is 2.50. The van der Waals surface area contributed by atoms with E-state index < -0.39 is 23.7 Å². The minimum absolute atomic E-state index is 0.0520. The van der Waals surface area contributed by atoms with Crippen molar-refractivity contribution in [2.45, 2.75) is 11.9 Å². The molecule has 2 aromatic carbocycles. The third-order valence-corrected chi connectivity index (χ3v) is 3.80. The minimum Gasteiger partial charge on any atom is -0.421 e. The molecule has 0 unspecified atom stereocenters. The van der Waals surface area contributed by atoms with Crippen LogP contribution in [0.2, 0.25) is 0 Å². The predicted molar refractivity (Wildman–Crippen MR) is 74.4 cm³/mol. The molecule has 120 valence electrons. The van der Waals surface area contributed by atoms with Gasteiger partial charge in [0.05, 0.1) is 11.3 Å². The number of hydrogen-bond donors (Lipinski definition) is 0. The Balaban J connectivity index is 2.27. The van der Waals surface area contributed by atoms with Crippen LogP contribution in [-0.4, -0.2) is 19.2 Å². The molecule has 1 atom stereocenters. The molecule has 2 aromatic rings. The number of hydrogen-bond acceptors (Lipinski definition) is 3. The maximum absolute atomic E-state index is 13.9. The lowest BCUT2D eigenvalue weighted by molar-refractivity contribution is -0.265. The van der Waals surface area contributed by atoms with Gasteiger partial charge in [0, 0.05) is 12.6 Å². The molecule has 3 nitrogen and oxygen atoms in total. The second-order valence-electron chi connectivity index (χ2n) is 5.12. The van der Waals surface area contributed by atoms with Crippen molar-refractivity contribution in [2.75, 3.05) is 11.9 Å². The van der Waals surface area contributed by atoms with Crippen molar-refractivity contribution in [3.05, 3.63) is 65.5 Å². The summed E-state index contributed by atoms with van der Waals surface area (Å²) in [4.78, 5) is 12.9. The van der Waals surface area contributed by atoms with Crippen LogP contribution in [0.3, 0.4) is 0 Å². The molecule has 0 aliphatic carbocycles. The fourth-order valence-electron chi connectivity index (χ4n) is 2.72. The lowest BCUT2D eigenvalue weighted by Gasteiger charge is -2.46. The Kier molecular flexibility index (Phi) is 3.31. The van der Waals surface area contributed by atoms with Gasteiger partial charge in [0.25, 0.3) is 0 Å². The highest BCUT2D eigenvalue weighted by molar-refractivity contribution is 5.98. The van der Waals surface area contributed by atoms with Gasteiger partial charge in [-0.3, -0.25) is 0 Å². The Morgan fingerprint density at radius 2 is 1.74 bits per heavy atom. The molecule has 0 radical (unpaired) electrons. The first-order valence-electron chi connectivity index (χ1n) is 6.66. The summed E-state index contributed by atoms with van der Waals surface area (Å²) < 4.78 is 59.8. The highest BCUT2D eigenvalue weighted by Gasteiger charge is 2.65. The highest BCUT2D eigenvalue weighted by atomic mass is 19.4. The number of ether oxygens (including phenoxy) is 1. The van der Waals surface area contributed by atoms with Crippen molar-refractivity contribution in [2.24, 2.45) is 0 Å². The van der Waals surface area contributed by atoms with Crippen LogP contribution in [-0.2, 0) is 10.5 Å². The zero-order chi connectivity index (χ0) is 16.8. The van der Waals surface area contributed by atoms with Crippen LogP contribution in [0.25, 0.3) is 0 Å². The molecule has 0 aromatic heterocycles. The summed E-state index contributed by atoms with van der Waals surface area (Å²) in [5.74, 6) is -1.95. The van der Waals surface area contributed by atoms with Gasteiger partial charge < -0.3 is 9.64 Å². The number of rotatable bonds is 1. The molecule has 0 spiro atoms. The number of fused-ring (bicyclic) bond motifs is 1. The number of esters is 1. The summed E-state index contributed by atoms with van der Waals surface area (Å²) in [6.07, 6.45) is -4.90. The summed E-state index contributed by atoms with van der Waals surface area (Å²) in [6, 6.07) is 9.85. The van der Waals surface area contributed by atoms with Crippen molar-refractivity contribution in [3.8, 4) is 0 Å². The summed E-state index contributed by atoms with van der Waals surface area (Å²) >= 11 is 0. The molecule has 1 aliphatic heterocycles. The van der Waals surface area contributed by atoms with Crippen molar-refractivity contribution >= 4 is 11.7 Å². The number of nitrogens with zero attached hydrogens (tertiary/aromatic N) is 1. The first-order valence-corrected chi connectivity index (χ1v) is 6.66. The molecule has 0 fully saturated rings. The fourth-order valence-corrected chi connectivity index (χ4v) is 2.72. The van der Waals surface area contributed by atoms with E-state index in [0.29, 0.717) is 0 Å². The Morgan fingerprint density at radius 1 is 1.09 bits per heavy atom. The predicted octanol–water partition coefficient (Wildman–Crippen LogP) is 3.85. The molecule has 0 saturated carbocycles. The van der Waals surface area contributed by atoms with E-state index >= 15 is 0 Å². The van der Waals surface area contributed by atoms with Crippen molar-refractivity contribution in [3.63, 3.8) is 0 Å². The minimum atomic E-state index is -4.90. The van der Waals surface area contributed by atoms with E-state index in [1.165, 1.54) is 24.3 Å². The zero-order valence-corrected chi connectivity index (χ0v) is 11.9. The van der Waals surface area contributed by atoms with Crippen LogP contribution >= 0.6 is 0 Å². The smallest absolute Gasteiger partial charge is 0.421 e. The first kappa shape index (κ1) is 15.3. The summed E-state index contributed by atoms with van der Waals surface area (Å²) in [5, 5.41) is 0. The molecule has 0 N–H and O–H groups in total. The van der Waals surface area contributed by atoms with Gasteiger partial charge in [0.15, 0.2) is 0 Å². The van der Waals surface area contributed by atoms with E-state index in [1.54, 1.807) is 6.07 Å². The van der Waals surface area contributed by atoms with Crippen molar-refractivity contribution < 1.29 is 27.1 Å². The molecule has 3 rings (SSSR count). The number of carbonyl (C=O) groups is 1. The number of alkyl halides is 3. The molecular weight excluding hydrogens is 314 g/mol. The van der Waals surface area contributed by atoms with E-state index in [0.717, 1.165) is 30.1 Å². The molecular formula is C16H11F4NO2. The zero-order valence-electron chi connectivity index (χ0n) is 11.9. The molecule has 0 amide bonds. The molecule has 0 bridgehead atoms. The second-order valence-corrected chi connectivity index (χ2v) is 5.12. The first-order chi connectivity index (χ1) is 10.8. The third-order valence-electron chi connectivity index (χ3n) is 3.80. The van der Waals surface area contributed by atoms with Crippen molar-refractivity contribution in [1.29, 1.82) is 0 Å². The van der Waals surface area contributed by atoms with E-state index in [9.17, 15) is 22.4 Å². The Morgan fingerprint density at radius 3 is 2.35 bits per heavy atom. The largest absolute Gasteiger partial charge is 0.453 e. The van der Waals surface area contributed by atoms with Crippen LogP contribution in [0.5, 0.6) is 0 Å². The Hall–Kier alpha value is -2.57. The normalized spacial score (nSPS) is 20.9. The lowest BCUT2D eigenvalue weighted by Crippen LogP contribution is -2.60. The number of cyclic esters (lactones) is 1. The van der Waals surface area contributed by atoms with Gasteiger partial charge in [-0.1, -0.05) is 30.3 Å². The van der Waals surface area contributed by atoms with Gasteiger partial charge in [-0.25, -0.2) is 9.18 Å². The molecule has 23 heavy (non-hydrogen) atoms. The molecule has 1 aliphatic rings. The van der Waals surface area contributed by atoms with Gasteiger partial charge in [0.2, 0.25) is 0 Å². The van der Waals surface area contributed by atoms with Gasteiger partial charge in [-0.15, -0.1) is 0 Å². The average molecular weight is 325 g/mol. The van der Waals surface area contributed by atoms with Crippen LogP contribution < -0.4 is 4.90 Å². The second kappa shape index (κ2) is 4.97. The van der Waals surface area contributed by atoms with Gasteiger partial charge in [0.1, 0.15) is 5.82 Å². The summed E-state index contributed by atoms with van der Waals surface area (Å²) in [5.41, 5.74) is -3.50. The summed E-state index contributed by atoms with van der Waals surface area (Å²) in [6.45, 7) is 0. The van der Waals surface area contributed by atoms with Crippen LogP contribution in [0.15, 0.2) is 48.5 Å². The van der Waals surface area contributed by atoms with Gasteiger partial charge >= 0.3 is 17.9 Å². The van der Waals surface area contributed by atoms with E-state index in [-0.39, 0.29) is 16.8 Å². The standard InChI is InChI=1S/C16H11F4NO2/c1-21-13-8-7-11(17)9-12(13)14(22)23-15(21,16(18,19)20)10-5-3-2-4-6-10/h2-9H,1H3/t15-/m0/s1. The monoisotopic (exact) mass is 325 g/mol. The van der Waals surface area contributed by atoms with Crippen molar-refractivity contribution in [1.82, 2.24) is 0 Å². The van der Waals surface area contributed by atoms with Gasteiger partial charge in [-0.2, -0.15) is 13.2 Å². The van der Waals surface area contributed by atoms with E-state index in [2.05, 4.69) is 0 Å². The van der Waals surface area contributed by atoms with Crippen LogP contribution in [0.1, 0.15) is 15.9 Å². The highest BCUT2D eigenvalue weighted by Crippen LogP contribution is 2.49. The van der Waals surface area contributed by atoms with Gasteiger partial charge in [-0.05, 0) is 18.2 Å². The molecule has 1 heterocycles. The lowest BCUT2D eigenvalue weighted by atomic mass is 9.96. The Bertz CT molecular complexity index is 760. The maximum Gasteiger partial charge on any atom is 0.453 e.